The summed E-state index contributed by atoms with van der Waals surface area (Å²) in [5.74, 6) is 0.510. The molecule has 5 nitrogen and oxygen atoms in total. The van der Waals surface area contributed by atoms with Gasteiger partial charge in [-0.1, -0.05) is 0 Å². The van der Waals surface area contributed by atoms with Crippen molar-refractivity contribution in [3.63, 3.8) is 0 Å². The summed E-state index contributed by atoms with van der Waals surface area (Å²) < 4.78 is 5.20. The minimum atomic E-state index is -0.171. The maximum atomic E-state index is 12.4. The molecule has 0 unspecified atom stereocenters. The number of carbonyl (C=O) groups is 2. The largest absolute Gasteiger partial charge is 0.459 e. The van der Waals surface area contributed by atoms with E-state index in [1.165, 1.54) is 6.26 Å². The predicted octanol–water partition coefficient (Wildman–Crippen LogP) is 1.90. The average Bonchev–Trinajstić information content (AvgIpc) is 2.98. The molecule has 3 rings (SSSR count). The minimum Gasteiger partial charge on any atom is -0.459 e. The van der Waals surface area contributed by atoms with Gasteiger partial charge in [0.25, 0.3) is 5.91 Å². The lowest BCUT2D eigenvalue weighted by molar-refractivity contribution is -0.142. The lowest BCUT2D eigenvalue weighted by Gasteiger charge is -2.50. The molecule has 2 aliphatic heterocycles. The Morgan fingerprint density at radius 3 is 2.90 bits per heavy atom. The number of likely N-dealkylation sites (N-methyl/N-ethyl adjacent to an activating group) is 1. The van der Waals surface area contributed by atoms with E-state index >= 15 is 0 Å². The zero-order chi connectivity index (χ0) is 14.2. The highest BCUT2D eigenvalue weighted by Crippen LogP contribution is 2.36. The van der Waals surface area contributed by atoms with Crippen molar-refractivity contribution in [2.45, 2.75) is 37.6 Å². The third-order valence-electron chi connectivity index (χ3n) is 4.69. The molecule has 3 heterocycles. The van der Waals surface area contributed by atoms with Crippen LogP contribution in [0.1, 0.15) is 42.7 Å². The molecule has 2 saturated heterocycles. The molecule has 5 heteroatoms. The van der Waals surface area contributed by atoms with Crippen LogP contribution < -0.4 is 0 Å². The first-order valence-electron chi connectivity index (χ1n) is 7.22. The number of nitrogens with zero attached hydrogens (tertiary/aromatic N) is 2. The van der Waals surface area contributed by atoms with Crippen LogP contribution in [0.5, 0.6) is 0 Å². The summed E-state index contributed by atoms with van der Waals surface area (Å²) in [5.41, 5.74) is -0.171. The van der Waals surface area contributed by atoms with E-state index in [0.717, 1.165) is 32.2 Å². The summed E-state index contributed by atoms with van der Waals surface area (Å²) in [7, 11) is 1.88. The zero-order valence-electron chi connectivity index (χ0n) is 11.8. The van der Waals surface area contributed by atoms with E-state index in [1.54, 1.807) is 12.1 Å². The SMILES string of the molecule is CN1C(=O)CCC[C@]12CCCN(C(=O)c1ccco1)C2. The smallest absolute Gasteiger partial charge is 0.289 e. The van der Waals surface area contributed by atoms with Gasteiger partial charge in [-0.15, -0.1) is 0 Å². The molecule has 2 fully saturated rings. The van der Waals surface area contributed by atoms with Gasteiger partial charge in [0.2, 0.25) is 5.91 Å². The number of hydrogen-bond donors (Lipinski definition) is 0. The van der Waals surface area contributed by atoms with Crippen molar-refractivity contribution < 1.29 is 14.0 Å². The molecule has 2 amide bonds. The standard InChI is InChI=1S/C15H20N2O3/c1-16-13(18)6-2-7-15(16)8-4-9-17(11-15)14(19)12-5-3-10-20-12/h3,5,10H,2,4,6-9,11H2,1H3/t15-/m1/s1. The number of piperidine rings is 2. The van der Waals surface area contributed by atoms with Gasteiger partial charge >= 0.3 is 0 Å². The normalized spacial score (nSPS) is 27.1. The van der Waals surface area contributed by atoms with E-state index in [1.807, 2.05) is 16.8 Å². The lowest BCUT2D eigenvalue weighted by Crippen LogP contribution is -2.61. The van der Waals surface area contributed by atoms with Gasteiger partial charge in [0, 0.05) is 26.6 Å². The highest BCUT2D eigenvalue weighted by Gasteiger charge is 2.44. The highest BCUT2D eigenvalue weighted by atomic mass is 16.3. The first-order chi connectivity index (χ1) is 9.62. The first-order valence-corrected chi connectivity index (χ1v) is 7.22. The van der Waals surface area contributed by atoms with Crippen LogP contribution in [0.4, 0.5) is 0 Å². The fourth-order valence-electron chi connectivity index (χ4n) is 3.49. The number of likely N-dealkylation sites (tertiary alicyclic amines) is 2. The topological polar surface area (TPSA) is 53.8 Å². The van der Waals surface area contributed by atoms with E-state index < -0.39 is 0 Å². The van der Waals surface area contributed by atoms with Gasteiger partial charge < -0.3 is 14.2 Å². The lowest BCUT2D eigenvalue weighted by atomic mass is 9.80. The summed E-state index contributed by atoms with van der Waals surface area (Å²) in [6.45, 7) is 1.36. The summed E-state index contributed by atoms with van der Waals surface area (Å²) in [6, 6.07) is 3.42. The number of hydrogen-bond acceptors (Lipinski definition) is 3. The fraction of sp³-hybridized carbons (Fsp3) is 0.600. The van der Waals surface area contributed by atoms with Gasteiger partial charge in [-0.2, -0.15) is 0 Å². The number of carbonyl (C=O) groups excluding carboxylic acids is 2. The second-order valence-corrected chi connectivity index (χ2v) is 5.84. The maximum Gasteiger partial charge on any atom is 0.289 e. The molecule has 1 aromatic heterocycles. The van der Waals surface area contributed by atoms with E-state index in [-0.39, 0.29) is 17.4 Å². The number of amides is 2. The van der Waals surface area contributed by atoms with Crippen LogP contribution in [0.2, 0.25) is 0 Å². The molecule has 0 saturated carbocycles. The van der Waals surface area contributed by atoms with Crippen LogP contribution in [0.3, 0.4) is 0 Å². The van der Waals surface area contributed by atoms with Crippen molar-refractivity contribution in [2.75, 3.05) is 20.1 Å². The van der Waals surface area contributed by atoms with Crippen LogP contribution >= 0.6 is 0 Å². The summed E-state index contributed by atoms with van der Waals surface area (Å²) in [4.78, 5) is 28.1. The Morgan fingerprint density at radius 1 is 1.35 bits per heavy atom. The third-order valence-corrected chi connectivity index (χ3v) is 4.69. The van der Waals surface area contributed by atoms with E-state index in [4.69, 9.17) is 4.42 Å². The Kier molecular flexibility index (Phi) is 3.28. The van der Waals surface area contributed by atoms with Crippen molar-refractivity contribution in [3.8, 4) is 0 Å². The van der Waals surface area contributed by atoms with E-state index in [2.05, 4.69) is 0 Å². The quantitative estimate of drug-likeness (QED) is 0.787. The maximum absolute atomic E-state index is 12.4. The molecular formula is C15H20N2O3. The Labute approximate surface area is 118 Å². The van der Waals surface area contributed by atoms with Crippen molar-refractivity contribution in [1.82, 2.24) is 9.80 Å². The van der Waals surface area contributed by atoms with Gasteiger partial charge in [-0.3, -0.25) is 9.59 Å². The first kappa shape index (κ1) is 13.2. The van der Waals surface area contributed by atoms with Crippen molar-refractivity contribution >= 4 is 11.8 Å². The molecule has 1 spiro atoms. The zero-order valence-corrected chi connectivity index (χ0v) is 11.8. The molecular weight excluding hydrogens is 256 g/mol. The molecule has 0 aliphatic carbocycles. The molecule has 2 aliphatic rings. The molecule has 0 radical (unpaired) electrons. The second-order valence-electron chi connectivity index (χ2n) is 5.84. The monoisotopic (exact) mass is 276 g/mol. The molecule has 0 N–H and O–H groups in total. The fourth-order valence-corrected chi connectivity index (χ4v) is 3.49. The van der Waals surface area contributed by atoms with Gasteiger partial charge in [0.15, 0.2) is 5.76 Å². The van der Waals surface area contributed by atoms with Crippen LogP contribution in [0, 0.1) is 0 Å². The van der Waals surface area contributed by atoms with Crippen molar-refractivity contribution in [2.24, 2.45) is 0 Å². The van der Waals surface area contributed by atoms with Crippen LogP contribution in [-0.4, -0.2) is 47.3 Å². The predicted molar refractivity (Wildman–Crippen MR) is 73.2 cm³/mol. The van der Waals surface area contributed by atoms with E-state index in [0.29, 0.717) is 18.7 Å². The Bertz CT molecular complexity index is 507. The molecule has 1 aromatic rings. The van der Waals surface area contributed by atoms with Crippen LogP contribution in [0.15, 0.2) is 22.8 Å². The molecule has 0 bridgehead atoms. The Balaban J connectivity index is 1.79. The van der Waals surface area contributed by atoms with Gasteiger partial charge in [0.05, 0.1) is 11.8 Å². The van der Waals surface area contributed by atoms with Crippen molar-refractivity contribution in [1.29, 1.82) is 0 Å². The Morgan fingerprint density at radius 2 is 2.15 bits per heavy atom. The third kappa shape index (κ3) is 2.11. The minimum absolute atomic E-state index is 0.0690. The van der Waals surface area contributed by atoms with E-state index in [9.17, 15) is 9.59 Å². The van der Waals surface area contributed by atoms with Gasteiger partial charge in [0.1, 0.15) is 0 Å². The second kappa shape index (κ2) is 4.96. The molecule has 1 atom stereocenters. The molecule has 20 heavy (non-hydrogen) atoms. The summed E-state index contributed by atoms with van der Waals surface area (Å²) >= 11 is 0. The molecule has 0 aromatic carbocycles. The average molecular weight is 276 g/mol. The number of rotatable bonds is 1. The van der Waals surface area contributed by atoms with Crippen LogP contribution in [0.25, 0.3) is 0 Å². The summed E-state index contributed by atoms with van der Waals surface area (Å²) in [6.07, 6.45) is 5.97. The van der Waals surface area contributed by atoms with Crippen LogP contribution in [-0.2, 0) is 4.79 Å². The summed E-state index contributed by atoms with van der Waals surface area (Å²) in [5, 5.41) is 0. The number of furan rings is 1. The highest BCUT2D eigenvalue weighted by molar-refractivity contribution is 5.91. The molecule has 108 valence electrons. The Hall–Kier alpha value is -1.78. The van der Waals surface area contributed by atoms with Gasteiger partial charge in [-0.05, 0) is 37.8 Å². The van der Waals surface area contributed by atoms with Gasteiger partial charge in [-0.25, -0.2) is 0 Å². The van der Waals surface area contributed by atoms with Crippen molar-refractivity contribution in [3.05, 3.63) is 24.2 Å².